The van der Waals surface area contributed by atoms with Gasteiger partial charge in [-0.25, -0.2) is 4.79 Å². The lowest BCUT2D eigenvalue weighted by atomic mass is 10.0. The van der Waals surface area contributed by atoms with Crippen molar-refractivity contribution in [2.24, 2.45) is 5.73 Å². The Bertz CT molecular complexity index is 1210. The normalized spacial score (nSPS) is 19.8. The van der Waals surface area contributed by atoms with Crippen LogP contribution in [0.2, 0.25) is 0 Å². The second-order valence-electron chi connectivity index (χ2n) is 8.04. The first-order valence-corrected chi connectivity index (χ1v) is 12.0. The fraction of sp³-hybridized carbons (Fsp3) is 0.148. The summed E-state index contributed by atoms with van der Waals surface area (Å²) in [6.45, 7) is 0. The minimum Gasteiger partial charge on any atom is -0.448 e. The number of hydrogen-bond acceptors (Lipinski definition) is 6. The van der Waals surface area contributed by atoms with E-state index in [0.29, 0.717) is 5.75 Å². The molecular weight excluding hydrogens is 446 g/mol. The molecule has 2 aromatic carbocycles. The molecule has 170 valence electrons. The van der Waals surface area contributed by atoms with Gasteiger partial charge in [-0.1, -0.05) is 78.9 Å². The van der Waals surface area contributed by atoms with E-state index in [4.69, 9.17) is 10.5 Å². The standard InChI is InChI=1S/C27H23N3O3S/c28-22-25(31)30-23(21(17-34-26(22)30)14-13-18-8-7-15-29-16-18)27(32)33-24(19-9-3-1-4-10-19)20-11-5-2-6-12-20/h1-16,22,24,26H,17,28H2/b14-13+/t22-,26+/m1/s1. The monoisotopic (exact) mass is 469 g/mol. The van der Waals surface area contributed by atoms with Crippen LogP contribution >= 0.6 is 11.8 Å². The Morgan fingerprint density at radius 3 is 2.32 bits per heavy atom. The van der Waals surface area contributed by atoms with Gasteiger partial charge in [-0.15, -0.1) is 11.8 Å². The Labute approximate surface area is 202 Å². The Balaban J connectivity index is 1.51. The van der Waals surface area contributed by atoms with Crippen molar-refractivity contribution in [3.05, 3.63) is 119 Å². The molecule has 1 amide bonds. The zero-order chi connectivity index (χ0) is 23.5. The number of aromatic nitrogens is 1. The number of pyridine rings is 1. The number of esters is 1. The lowest BCUT2D eigenvalue weighted by Gasteiger charge is -2.48. The lowest BCUT2D eigenvalue weighted by molar-refractivity contribution is -0.153. The Kier molecular flexibility index (Phi) is 6.29. The number of fused-ring (bicyclic) bond motifs is 1. The van der Waals surface area contributed by atoms with E-state index < -0.39 is 18.1 Å². The van der Waals surface area contributed by atoms with Crippen molar-refractivity contribution in [2.45, 2.75) is 17.5 Å². The molecule has 2 N–H and O–H groups in total. The van der Waals surface area contributed by atoms with Gasteiger partial charge in [-0.05, 0) is 28.3 Å². The van der Waals surface area contributed by atoms with Crippen LogP contribution in [-0.2, 0) is 14.3 Å². The second kappa shape index (κ2) is 9.67. The molecule has 1 aromatic heterocycles. The zero-order valence-electron chi connectivity index (χ0n) is 18.3. The van der Waals surface area contributed by atoms with Crippen LogP contribution in [-0.4, -0.2) is 38.9 Å². The summed E-state index contributed by atoms with van der Waals surface area (Å²) >= 11 is 1.55. The average molecular weight is 470 g/mol. The van der Waals surface area contributed by atoms with Crippen LogP contribution in [0.5, 0.6) is 0 Å². The van der Waals surface area contributed by atoms with Crippen LogP contribution < -0.4 is 5.73 Å². The number of carbonyl (C=O) groups is 2. The van der Waals surface area contributed by atoms with E-state index in [-0.39, 0.29) is 17.0 Å². The molecule has 0 spiro atoms. The fourth-order valence-electron chi connectivity index (χ4n) is 4.08. The molecule has 0 unspecified atom stereocenters. The Morgan fingerprint density at radius 1 is 1.03 bits per heavy atom. The highest BCUT2D eigenvalue weighted by Gasteiger charge is 2.52. The van der Waals surface area contributed by atoms with Gasteiger partial charge >= 0.3 is 5.97 Å². The maximum atomic E-state index is 13.6. The first-order valence-electron chi connectivity index (χ1n) is 11.0. The quantitative estimate of drug-likeness (QED) is 0.435. The molecule has 2 aliphatic heterocycles. The minimum absolute atomic E-state index is 0.257. The fourth-order valence-corrected chi connectivity index (χ4v) is 5.34. The largest absolute Gasteiger partial charge is 0.448 e. The van der Waals surface area contributed by atoms with Crippen LogP contribution in [0.3, 0.4) is 0 Å². The predicted octanol–water partition coefficient (Wildman–Crippen LogP) is 3.92. The van der Waals surface area contributed by atoms with Crippen LogP contribution in [0.25, 0.3) is 6.08 Å². The number of allylic oxidation sites excluding steroid dienone is 1. The van der Waals surface area contributed by atoms with Gasteiger partial charge in [0.15, 0.2) is 6.10 Å². The van der Waals surface area contributed by atoms with Gasteiger partial charge in [0, 0.05) is 18.1 Å². The van der Waals surface area contributed by atoms with E-state index >= 15 is 0 Å². The number of nitrogens with two attached hydrogens (primary N) is 1. The topological polar surface area (TPSA) is 85.5 Å². The van der Waals surface area contributed by atoms with E-state index in [1.165, 1.54) is 4.90 Å². The van der Waals surface area contributed by atoms with E-state index in [0.717, 1.165) is 22.3 Å². The summed E-state index contributed by atoms with van der Waals surface area (Å²) in [4.78, 5) is 31.9. The molecule has 5 rings (SSSR count). The number of hydrogen-bond donors (Lipinski definition) is 1. The predicted molar refractivity (Wildman–Crippen MR) is 132 cm³/mol. The van der Waals surface area contributed by atoms with Crippen LogP contribution in [0.15, 0.2) is 103 Å². The number of rotatable bonds is 6. The van der Waals surface area contributed by atoms with Gasteiger partial charge < -0.3 is 10.5 Å². The first kappa shape index (κ1) is 22.1. The van der Waals surface area contributed by atoms with Gasteiger partial charge in [-0.2, -0.15) is 0 Å². The number of benzene rings is 2. The van der Waals surface area contributed by atoms with Crippen molar-refractivity contribution in [1.82, 2.24) is 9.88 Å². The minimum atomic E-state index is -0.615. The van der Waals surface area contributed by atoms with Gasteiger partial charge in [0.2, 0.25) is 5.91 Å². The summed E-state index contributed by atoms with van der Waals surface area (Å²) in [6, 6.07) is 22.3. The number of carbonyl (C=O) groups excluding carboxylic acids is 2. The molecule has 1 fully saturated rings. The van der Waals surface area contributed by atoms with E-state index in [1.807, 2.05) is 84.9 Å². The molecule has 1 saturated heterocycles. The molecule has 2 atom stereocenters. The molecule has 0 bridgehead atoms. The van der Waals surface area contributed by atoms with Crippen LogP contribution in [0.1, 0.15) is 22.8 Å². The number of amides is 1. The summed E-state index contributed by atoms with van der Waals surface area (Å²) in [5.41, 5.74) is 9.59. The van der Waals surface area contributed by atoms with Gasteiger partial charge in [0.05, 0.1) is 0 Å². The smallest absolute Gasteiger partial charge is 0.356 e. The van der Waals surface area contributed by atoms with Crippen molar-refractivity contribution in [2.75, 3.05) is 5.75 Å². The number of thioether (sulfide) groups is 1. The molecule has 3 heterocycles. The molecular formula is C27H23N3O3S. The molecule has 2 aliphatic rings. The van der Waals surface area contributed by atoms with Crippen LogP contribution in [0.4, 0.5) is 0 Å². The van der Waals surface area contributed by atoms with Crippen LogP contribution in [0, 0.1) is 0 Å². The highest BCUT2D eigenvalue weighted by molar-refractivity contribution is 8.00. The highest BCUT2D eigenvalue weighted by atomic mass is 32.2. The third-order valence-corrected chi connectivity index (χ3v) is 7.15. The van der Waals surface area contributed by atoms with Gasteiger partial charge in [-0.3, -0.25) is 14.7 Å². The summed E-state index contributed by atoms with van der Waals surface area (Å²) in [5, 5.41) is -0.266. The van der Waals surface area contributed by atoms with Gasteiger partial charge in [0.1, 0.15) is 17.1 Å². The average Bonchev–Trinajstić information content (AvgIpc) is 2.91. The number of ether oxygens (including phenoxy) is 1. The Morgan fingerprint density at radius 2 is 1.71 bits per heavy atom. The Hall–Kier alpha value is -3.68. The number of β-lactam (4-membered cyclic amide) rings is 1. The lowest BCUT2D eigenvalue weighted by Crippen LogP contribution is -2.68. The van der Waals surface area contributed by atoms with Crippen molar-refractivity contribution < 1.29 is 14.3 Å². The third kappa shape index (κ3) is 4.27. The maximum Gasteiger partial charge on any atom is 0.356 e. The summed E-state index contributed by atoms with van der Waals surface area (Å²) < 4.78 is 6.09. The molecule has 3 aromatic rings. The highest BCUT2D eigenvalue weighted by Crippen LogP contribution is 2.41. The molecule has 7 heteroatoms. The summed E-state index contributed by atoms with van der Waals surface area (Å²) in [6.07, 6.45) is 6.57. The molecule has 0 saturated carbocycles. The summed E-state index contributed by atoms with van der Waals surface area (Å²) in [5.74, 6) is -0.272. The molecule has 0 aliphatic carbocycles. The molecule has 34 heavy (non-hydrogen) atoms. The molecule has 0 radical (unpaired) electrons. The molecule has 6 nitrogen and oxygen atoms in total. The van der Waals surface area contributed by atoms with Crippen molar-refractivity contribution in [1.29, 1.82) is 0 Å². The van der Waals surface area contributed by atoms with E-state index in [1.54, 1.807) is 24.2 Å². The zero-order valence-corrected chi connectivity index (χ0v) is 19.1. The van der Waals surface area contributed by atoms with Crippen molar-refractivity contribution in [3.8, 4) is 0 Å². The van der Waals surface area contributed by atoms with Crippen molar-refractivity contribution >= 4 is 29.7 Å². The number of nitrogens with zero attached hydrogens (tertiary/aromatic N) is 2. The van der Waals surface area contributed by atoms with Gasteiger partial charge in [0.25, 0.3) is 0 Å². The second-order valence-corrected chi connectivity index (χ2v) is 9.14. The summed E-state index contributed by atoms with van der Waals surface area (Å²) in [7, 11) is 0. The first-order chi connectivity index (χ1) is 16.6. The van der Waals surface area contributed by atoms with E-state index in [9.17, 15) is 9.59 Å². The SMILES string of the molecule is N[C@@H]1C(=O)N2C(C(=O)OC(c3ccccc3)c3ccccc3)=C(/C=C/c3cccnc3)CS[C@@H]12. The maximum absolute atomic E-state index is 13.6. The van der Waals surface area contributed by atoms with E-state index in [2.05, 4.69) is 4.98 Å². The van der Waals surface area contributed by atoms with Crippen molar-refractivity contribution in [3.63, 3.8) is 0 Å². The third-order valence-electron chi connectivity index (χ3n) is 5.82.